The summed E-state index contributed by atoms with van der Waals surface area (Å²) < 4.78 is 14.0. The Morgan fingerprint density at radius 2 is 2.25 bits per heavy atom. The second kappa shape index (κ2) is 5.79. The number of benzene rings is 1. The Morgan fingerprint density at radius 1 is 1.50 bits per heavy atom. The number of hydrogen-bond acceptors (Lipinski definition) is 5. The number of rotatable bonds is 5. The molecular weight excluding hydrogens is 263 g/mol. The normalized spacial score (nSPS) is 11.0. The quantitative estimate of drug-likeness (QED) is 0.671. The molecule has 106 valence electrons. The predicted molar refractivity (Wildman–Crippen MR) is 75.4 cm³/mol. The molecule has 0 atom stereocenters. The number of nitro groups is 1. The van der Waals surface area contributed by atoms with E-state index in [1.807, 2.05) is 19.0 Å². The van der Waals surface area contributed by atoms with Gasteiger partial charge >= 0.3 is 0 Å². The van der Waals surface area contributed by atoms with Crippen molar-refractivity contribution in [1.29, 1.82) is 0 Å². The van der Waals surface area contributed by atoms with Gasteiger partial charge in [0.1, 0.15) is 5.52 Å². The van der Waals surface area contributed by atoms with E-state index in [4.69, 9.17) is 0 Å². The van der Waals surface area contributed by atoms with E-state index in [-0.39, 0.29) is 16.9 Å². The zero-order chi connectivity index (χ0) is 14.7. The van der Waals surface area contributed by atoms with E-state index in [2.05, 4.69) is 10.3 Å². The molecule has 1 aromatic carbocycles. The van der Waals surface area contributed by atoms with Gasteiger partial charge in [-0.15, -0.1) is 0 Å². The molecule has 1 N–H and O–H groups in total. The number of aromatic nitrogens is 1. The number of nitrogens with zero attached hydrogens (tertiary/aromatic N) is 3. The first kappa shape index (κ1) is 14.1. The fourth-order valence-electron chi connectivity index (χ4n) is 1.92. The molecule has 20 heavy (non-hydrogen) atoms. The fraction of sp³-hybridized carbons (Fsp3) is 0.308. The number of likely N-dealkylation sites (N-methyl/N-ethyl adjacent to an activating group) is 1. The van der Waals surface area contributed by atoms with E-state index in [1.165, 1.54) is 6.20 Å². The van der Waals surface area contributed by atoms with Crippen molar-refractivity contribution in [2.24, 2.45) is 0 Å². The maximum atomic E-state index is 14.0. The van der Waals surface area contributed by atoms with E-state index in [0.717, 1.165) is 6.07 Å². The van der Waals surface area contributed by atoms with Crippen LogP contribution >= 0.6 is 0 Å². The van der Waals surface area contributed by atoms with Crippen LogP contribution in [0.3, 0.4) is 0 Å². The van der Waals surface area contributed by atoms with Crippen molar-refractivity contribution in [3.63, 3.8) is 0 Å². The summed E-state index contributed by atoms with van der Waals surface area (Å²) in [6, 6.07) is 4.09. The zero-order valence-corrected chi connectivity index (χ0v) is 11.3. The minimum Gasteiger partial charge on any atom is -0.380 e. The van der Waals surface area contributed by atoms with Crippen LogP contribution in [-0.4, -0.2) is 42.0 Å². The molecule has 0 saturated heterocycles. The van der Waals surface area contributed by atoms with Crippen molar-refractivity contribution in [2.75, 3.05) is 32.5 Å². The number of hydrogen-bond donors (Lipinski definition) is 1. The zero-order valence-electron chi connectivity index (χ0n) is 11.3. The van der Waals surface area contributed by atoms with Crippen LogP contribution in [0.25, 0.3) is 10.9 Å². The molecule has 0 bridgehead atoms. The Balaban J connectivity index is 2.47. The van der Waals surface area contributed by atoms with Crippen LogP contribution < -0.4 is 5.32 Å². The molecule has 0 aliphatic heterocycles. The summed E-state index contributed by atoms with van der Waals surface area (Å²) in [7, 11) is 3.81. The third kappa shape index (κ3) is 2.83. The van der Waals surface area contributed by atoms with Gasteiger partial charge in [-0.25, -0.2) is 4.39 Å². The summed E-state index contributed by atoms with van der Waals surface area (Å²) in [5.74, 6) is -0.665. The lowest BCUT2D eigenvalue weighted by Gasteiger charge is -2.13. The molecule has 0 fully saturated rings. The van der Waals surface area contributed by atoms with Crippen molar-refractivity contribution < 1.29 is 9.31 Å². The molecule has 1 heterocycles. The van der Waals surface area contributed by atoms with Crippen LogP contribution in [-0.2, 0) is 0 Å². The lowest BCUT2D eigenvalue weighted by atomic mass is 10.1. The van der Waals surface area contributed by atoms with E-state index < -0.39 is 10.7 Å². The Labute approximate surface area is 115 Å². The molecule has 0 aliphatic rings. The van der Waals surface area contributed by atoms with Gasteiger partial charge in [-0.05, 0) is 26.2 Å². The van der Waals surface area contributed by atoms with Crippen LogP contribution in [0.1, 0.15) is 0 Å². The highest BCUT2D eigenvalue weighted by Gasteiger charge is 2.19. The SMILES string of the molecule is CN(C)CCNc1c(F)cc([N+](=O)[O-])c2cccnc12. The average molecular weight is 278 g/mol. The second-order valence-electron chi connectivity index (χ2n) is 4.64. The van der Waals surface area contributed by atoms with Crippen molar-refractivity contribution >= 4 is 22.3 Å². The maximum absolute atomic E-state index is 14.0. The number of pyridine rings is 1. The molecule has 0 radical (unpaired) electrons. The van der Waals surface area contributed by atoms with Crippen LogP contribution in [0.4, 0.5) is 15.8 Å². The molecular formula is C13H15FN4O2. The predicted octanol–water partition coefficient (Wildman–Crippen LogP) is 2.26. The maximum Gasteiger partial charge on any atom is 0.281 e. The summed E-state index contributed by atoms with van der Waals surface area (Å²) in [6.07, 6.45) is 1.49. The number of nitro benzene ring substituents is 1. The van der Waals surface area contributed by atoms with E-state index in [0.29, 0.717) is 18.5 Å². The van der Waals surface area contributed by atoms with Gasteiger partial charge in [0, 0.05) is 19.3 Å². The molecule has 0 unspecified atom stereocenters. The highest BCUT2D eigenvalue weighted by atomic mass is 19.1. The fourth-order valence-corrected chi connectivity index (χ4v) is 1.92. The summed E-state index contributed by atoms with van der Waals surface area (Å²) in [5.41, 5.74) is 0.203. The van der Waals surface area contributed by atoms with E-state index >= 15 is 0 Å². The first-order chi connectivity index (χ1) is 9.50. The van der Waals surface area contributed by atoms with Crippen molar-refractivity contribution in [3.05, 3.63) is 40.3 Å². The smallest absolute Gasteiger partial charge is 0.281 e. The molecule has 0 amide bonds. The topological polar surface area (TPSA) is 71.3 Å². The Hall–Kier alpha value is -2.28. The molecule has 1 aromatic heterocycles. The second-order valence-corrected chi connectivity index (χ2v) is 4.64. The summed E-state index contributed by atoms with van der Waals surface area (Å²) >= 11 is 0. The van der Waals surface area contributed by atoms with Crippen molar-refractivity contribution in [3.8, 4) is 0 Å². The largest absolute Gasteiger partial charge is 0.380 e. The molecule has 2 rings (SSSR count). The van der Waals surface area contributed by atoms with Gasteiger partial charge < -0.3 is 10.2 Å². The number of anilines is 1. The summed E-state index contributed by atoms with van der Waals surface area (Å²) in [5, 5.41) is 14.2. The lowest BCUT2D eigenvalue weighted by Crippen LogP contribution is -2.21. The molecule has 2 aromatic rings. The summed E-state index contributed by atoms with van der Waals surface area (Å²) in [4.78, 5) is 16.4. The van der Waals surface area contributed by atoms with Gasteiger partial charge in [0.15, 0.2) is 5.82 Å². The number of nitrogens with one attached hydrogen (secondary N) is 1. The van der Waals surface area contributed by atoms with Gasteiger partial charge in [-0.1, -0.05) is 0 Å². The van der Waals surface area contributed by atoms with Gasteiger partial charge in [0.2, 0.25) is 0 Å². The molecule has 0 saturated carbocycles. The van der Waals surface area contributed by atoms with E-state index in [9.17, 15) is 14.5 Å². The molecule has 6 nitrogen and oxygen atoms in total. The Morgan fingerprint density at radius 3 is 2.90 bits per heavy atom. The minimum absolute atomic E-state index is 0.202. The number of fused-ring (bicyclic) bond motifs is 1. The molecule has 0 aliphatic carbocycles. The number of non-ortho nitro benzene ring substituents is 1. The highest BCUT2D eigenvalue weighted by molar-refractivity contribution is 5.97. The van der Waals surface area contributed by atoms with E-state index in [1.54, 1.807) is 12.1 Å². The third-order valence-electron chi connectivity index (χ3n) is 2.88. The lowest BCUT2D eigenvalue weighted by molar-refractivity contribution is -0.383. The Kier molecular flexibility index (Phi) is 4.09. The van der Waals surface area contributed by atoms with Gasteiger partial charge in [-0.2, -0.15) is 0 Å². The highest BCUT2D eigenvalue weighted by Crippen LogP contribution is 2.32. The van der Waals surface area contributed by atoms with Gasteiger partial charge in [-0.3, -0.25) is 15.1 Å². The van der Waals surface area contributed by atoms with Crippen molar-refractivity contribution in [2.45, 2.75) is 0 Å². The Bertz CT molecular complexity index is 646. The standard InChI is InChI=1S/C13H15FN4O2/c1-17(2)7-6-16-13-10(14)8-11(18(19)20)9-4-3-5-15-12(9)13/h3-5,8,16H,6-7H2,1-2H3. The molecule has 7 heteroatoms. The average Bonchev–Trinajstić information content (AvgIpc) is 2.40. The minimum atomic E-state index is -0.665. The first-order valence-electron chi connectivity index (χ1n) is 6.11. The molecule has 0 spiro atoms. The van der Waals surface area contributed by atoms with Crippen molar-refractivity contribution in [1.82, 2.24) is 9.88 Å². The third-order valence-corrected chi connectivity index (χ3v) is 2.88. The van der Waals surface area contributed by atoms with Crippen LogP contribution in [0.15, 0.2) is 24.4 Å². The van der Waals surface area contributed by atoms with Gasteiger partial charge in [0.25, 0.3) is 5.69 Å². The first-order valence-corrected chi connectivity index (χ1v) is 6.11. The van der Waals surface area contributed by atoms with Gasteiger partial charge in [0.05, 0.1) is 22.1 Å². The van der Waals surface area contributed by atoms with Crippen LogP contribution in [0, 0.1) is 15.9 Å². The number of halogens is 1. The summed E-state index contributed by atoms with van der Waals surface area (Å²) in [6.45, 7) is 1.23. The van der Waals surface area contributed by atoms with Crippen LogP contribution in [0.5, 0.6) is 0 Å². The monoisotopic (exact) mass is 278 g/mol. The van der Waals surface area contributed by atoms with Crippen LogP contribution in [0.2, 0.25) is 0 Å².